The molecule has 2 rings (SSSR count). The Kier molecular flexibility index (Phi) is 7.03. The fraction of sp³-hybridized carbons (Fsp3) is 0.353. The van der Waals surface area contributed by atoms with Gasteiger partial charge in [-0.05, 0) is 24.6 Å². The lowest BCUT2D eigenvalue weighted by atomic mass is 10.2. The topological polar surface area (TPSA) is 104 Å². The van der Waals surface area contributed by atoms with Gasteiger partial charge >= 0.3 is 0 Å². The van der Waals surface area contributed by atoms with E-state index in [4.69, 9.17) is 9.84 Å². The molecule has 0 spiro atoms. The van der Waals surface area contributed by atoms with Gasteiger partial charge in [0.25, 0.3) is 5.56 Å². The molecule has 25 heavy (non-hydrogen) atoms. The summed E-state index contributed by atoms with van der Waals surface area (Å²) in [5.41, 5.74) is 1.70. The molecular weight excluding hydrogens is 342 g/mol. The van der Waals surface area contributed by atoms with Crippen LogP contribution in [0.1, 0.15) is 16.8 Å². The third-order valence-corrected chi connectivity index (χ3v) is 4.40. The quantitative estimate of drug-likeness (QED) is 0.478. The van der Waals surface area contributed by atoms with Crippen LogP contribution in [0.4, 0.5) is 0 Å². The summed E-state index contributed by atoms with van der Waals surface area (Å²) in [6, 6.07) is 7.46. The first-order chi connectivity index (χ1) is 12.0. The third kappa shape index (κ3) is 5.61. The highest BCUT2D eigenvalue weighted by Gasteiger charge is 2.10. The van der Waals surface area contributed by atoms with Gasteiger partial charge in [-0.1, -0.05) is 23.9 Å². The number of aliphatic hydroxyl groups excluding tert-OH is 1. The zero-order valence-electron chi connectivity index (χ0n) is 14.2. The predicted octanol–water partition coefficient (Wildman–Crippen LogP) is 1.03. The molecule has 1 heterocycles. The molecule has 1 aromatic heterocycles. The van der Waals surface area contributed by atoms with E-state index < -0.39 is 0 Å². The van der Waals surface area contributed by atoms with Crippen LogP contribution in [-0.2, 0) is 17.8 Å². The molecule has 8 heteroatoms. The van der Waals surface area contributed by atoms with E-state index in [1.165, 1.54) is 0 Å². The maximum Gasteiger partial charge on any atom is 0.255 e. The number of nitrogens with zero attached hydrogens (tertiary/aromatic N) is 1. The van der Waals surface area contributed by atoms with Crippen LogP contribution in [-0.4, -0.2) is 40.5 Å². The number of H-pyrrole nitrogens is 1. The molecule has 0 radical (unpaired) electrons. The summed E-state index contributed by atoms with van der Waals surface area (Å²) in [4.78, 5) is 30.8. The standard InChI is InChI=1S/C17H21N3O4S/c1-11-14(6-7-21)16(23)20-17(19-11)25-10-15(22)18-9-12-4-3-5-13(8-12)24-2/h3-5,8,21H,6-7,9-10H2,1-2H3,(H,18,22)(H,19,20,23). The average molecular weight is 363 g/mol. The van der Waals surface area contributed by atoms with E-state index in [-0.39, 0.29) is 30.2 Å². The maximum absolute atomic E-state index is 12.0. The highest BCUT2D eigenvalue weighted by atomic mass is 32.2. The second-order valence-electron chi connectivity index (χ2n) is 5.33. The lowest BCUT2D eigenvalue weighted by Crippen LogP contribution is -2.25. The van der Waals surface area contributed by atoms with E-state index in [1.54, 1.807) is 14.0 Å². The summed E-state index contributed by atoms with van der Waals surface area (Å²) in [6.45, 7) is 2.01. The van der Waals surface area contributed by atoms with Crippen LogP contribution >= 0.6 is 11.8 Å². The Morgan fingerprint density at radius 1 is 1.44 bits per heavy atom. The van der Waals surface area contributed by atoms with Crippen molar-refractivity contribution in [3.8, 4) is 5.75 Å². The van der Waals surface area contributed by atoms with Gasteiger partial charge in [0.1, 0.15) is 5.75 Å². The number of thioether (sulfide) groups is 1. The number of aliphatic hydroxyl groups is 1. The van der Waals surface area contributed by atoms with E-state index in [2.05, 4.69) is 15.3 Å². The van der Waals surface area contributed by atoms with E-state index in [9.17, 15) is 9.59 Å². The molecule has 1 aromatic carbocycles. The van der Waals surface area contributed by atoms with Gasteiger partial charge in [0.05, 0.1) is 12.9 Å². The molecule has 0 unspecified atom stereocenters. The Labute approximate surface area is 149 Å². The van der Waals surface area contributed by atoms with Crippen molar-refractivity contribution < 1.29 is 14.6 Å². The van der Waals surface area contributed by atoms with Crippen LogP contribution in [0, 0.1) is 6.92 Å². The van der Waals surface area contributed by atoms with Gasteiger partial charge in [0.15, 0.2) is 5.16 Å². The largest absolute Gasteiger partial charge is 0.497 e. The van der Waals surface area contributed by atoms with Crippen LogP contribution < -0.4 is 15.6 Å². The highest BCUT2D eigenvalue weighted by molar-refractivity contribution is 7.99. The Hall–Kier alpha value is -2.32. The second-order valence-corrected chi connectivity index (χ2v) is 6.29. The summed E-state index contributed by atoms with van der Waals surface area (Å²) in [5.74, 6) is 0.722. The molecule has 0 aliphatic carbocycles. The summed E-state index contributed by atoms with van der Waals surface area (Å²) in [7, 11) is 1.59. The minimum Gasteiger partial charge on any atom is -0.497 e. The number of carbonyl (C=O) groups is 1. The average Bonchev–Trinajstić information content (AvgIpc) is 2.61. The number of amides is 1. The van der Waals surface area contributed by atoms with Crippen molar-refractivity contribution in [1.82, 2.24) is 15.3 Å². The summed E-state index contributed by atoms with van der Waals surface area (Å²) in [5, 5.41) is 12.2. The zero-order chi connectivity index (χ0) is 18.2. The first-order valence-electron chi connectivity index (χ1n) is 7.76. The lowest BCUT2D eigenvalue weighted by molar-refractivity contribution is -0.118. The van der Waals surface area contributed by atoms with Gasteiger partial charge in [0.2, 0.25) is 5.91 Å². The van der Waals surface area contributed by atoms with Crippen molar-refractivity contribution >= 4 is 17.7 Å². The van der Waals surface area contributed by atoms with E-state index >= 15 is 0 Å². The number of nitrogens with one attached hydrogen (secondary N) is 2. The van der Waals surface area contributed by atoms with E-state index in [1.807, 2.05) is 24.3 Å². The van der Waals surface area contributed by atoms with Crippen molar-refractivity contribution in [2.45, 2.75) is 25.0 Å². The molecule has 2 aromatic rings. The minimum atomic E-state index is -0.277. The number of aromatic amines is 1. The lowest BCUT2D eigenvalue weighted by Gasteiger charge is -2.08. The first kappa shape index (κ1) is 19.0. The predicted molar refractivity (Wildman–Crippen MR) is 95.9 cm³/mol. The van der Waals surface area contributed by atoms with Crippen molar-refractivity contribution in [3.05, 3.63) is 51.4 Å². The van der Waals surface area contributed by atoms with E-state index in [0.29, 0.717) is 23.0 Å². The Bertz CT molecular complexity index is 792. The molecule has 0 saturated heterocycles. The number of benzene rings is 1. The molecule has 0 fully saturated rings. The number of aromatic nitrogens is 2. The molecular formula is C17H21N3O4S. The fourth-order valence-corrected chi connectivity index (χ4v) is 2.96. The number of aryl methyl sites for hydroxylation is 1. The van der Waals surface area contributed by atoms with Crippen LogP contribution in [0.15, 0.2) is 34.2 Å². The Balaban J connectivity index is 1.88. The van der Waals surface area contributed by atoms with Gasteiger partial charge in [-0.15, -0.1) is 0 Å². The molecule has 134 valence electrons. The third-order valence-electron chi connectivity index (χ3n) is 3.53. The molecule has 0 aliphatic rings. The monoisotopic (exact) mass is 363 g/mol. The van der Waals surface area contributed by atoms with Crippen molar-refractivity contribution in [2.24, 2.45) is 0 Å². The van der Waals surface area contributed by atoms with Crippen LogP contribution in [0.5, 0.6) is 5.75 Å². The number of methoxy groups -OCH3 is 1. The molecule has 0 atom stereocenters. The van der Waals surface area contributed by atoms with E-state index in [0.717, 1.165) is 23.1 Å². The number of hydrogen-bond acceptors (Lipinski definition) is 6. The van der Waals surface area contributed by atoms with Crippen LogP contribution in [0.3, 0.4) is 0 Å². The van der Waals surface area contributed by atoms with Gasteiger partial charge in [0, 0.05) is 30.8 Å². The van der Waals surface area contributed by atoms with Gasteiger partial charge < -0.3 is 20.1 Å². The fourth-order valence-electron chi connectivity index (χ4n) is 2.23. The summed E-state index contributed by atoms with van der Waals surface area (Å²) >= 11 is 1.16. The first-order valence-corrected chi connectivity index (χ1v) is 8.75. The van der Waals surface area contributed by atoms with Gasteiger partial charge in [-0.3, -0.25) is 9.59 Å². The number of hydrogen-bond donors (Lipinski definition) is 3. The molecule has 0 aliphatic heterocycles. The Morgan fingerprint density at radius 2 is 2.24 bits per heavy atom. The number of rotatable bonds is 8. The summed E-state index contributed by atoms with van der Waals surface area (Å²) in [6.07, 6.45) is 0.264. The van der Waals surface area contributed by atoms with Crippen LogP contribution in [0.2, 0.25) is 0 Å². The number of ether oxygens (including phenoxy) is 1. The highest BCUT2D eigenvalue weighted by Crippen LogP contribution is 2.14. The SMILES string of the molecule is COc1cccc(CNC(=O)CSc2nc(C)c(CCO)c(=O)[nH]2)c1. The zero-order valence-corrected chi connectivity index (χ0v) is 15.0. The van der Waals surface area contributed by atoms with Crippen molar-refractivity contribution in [2.75, 3.05) is 19.5 Å². The molecule has 1 amide bonds. The molecule has 3 N–H and O–H groups in total. The molecule has 7 nitrogen and oxygen atoms in total. The van der Waals surface area contributed by atoms with Gasteiger partial charge in [-0.25, -0.2) is 4.98 Å². The maximum atomic E-state index is 12.0. The minimum absolute atomic E-state index is 0.106. The molecule has 0 bridgehead atoms. The number of carbonyl (C=O) groups excluding carboxylic acids is 1. The molecule has 0 saturated carbocycles. The van der Waals surface area contributed by atoms with Crippen molar-refractivity contribution in [3.63, 3.8) is 0 Å². The normalized spacial score (nSPS) is 10.5. The second kappa shape index (κ2) is 9.24. The Morgan fingerprint density at radius 3 is 2.92 bits per heavy atom. The van der Waals surface area contributed by atoms with Crippen LogP contribution in [0.25, 0.3) is 0 Å². The smallest absolute Gasteiger partial charge is 0.255 e. The van der Waals surface area contributed by atoms with Crippen molar-refractivity contribution in [1.29, 1.82) is 0 Å². The van der Waals surface area contributed by atoms with Gasteiger partial charge in [-0.2, -0.15) is 0 Å². The summed E-state index contributed by atoms with van der Waals surface area (Å²) < 4.78 is 5.14.